The summed E-state index contributed by atoms with van der Waals surface area (Å²) in [5.74, 6) is 0.616. The number of rotatable bonds is 13. The summed E-state index contributed by atoms with van der Waals surface area (Å²) in [5, 5.41) is 0.774. The molecule has 0 N–H and O–H groups in total. The Morgan fingerprint density at radius 1 is 0.822 bits per heavy atom. The summed E-state index contributed by atoms with van der Waals surface area (Å²) in [5.41, 5.74) is 4.57. The van der Waals surface area contributed by atoms with Crippen molar-refractivity contribution in [1.29, 1.82) is 0 Å². The zero-order valence-electron chi connectivity index (χ0n) is 26.3. The van der Waals surface area contributed by atoms with Crippen LogP contribution in [0.15, 0.2) is 120 Å². The summed E-state index contributed by atoms with van der Waals surface area (Å²) < 4.78 is 7.55. The lowest BCUT2D eigenvalue weighted by atomic mass is 9.90. The van der Waals surface area contributed by atoms with E-state index in [1.807, 2.05) is 97.0 Å². The number of ether oxygens (including phenoxy) is 1. The summed E-state index contributed by atoms with van der Waals surface area (Å²) in [6.07, 6.45) is 1.13. The van der Waals surface area contributed by atoms with Gasteiger partial charge in [0.15, 0.2) is 5.16 Å². The molecule has 1 amide bonds. The fraction of sp³-hybridized carbons (Fsp3) is 0.289. The molecule has 1 aromatic heterocycles. The number of thioether (sulfide) groups is 1. The third-order valence-corrected chi connectivity index (χ3v) is 8.55. The number of aromatic nitrogens is 2. The van der Waals surface area contributed by atoms with Crippen molar-refractivity contribution in [3.05, 3.63) is 132 Å². The van der Waals surface area contributed by atoms with Crippen LogP contribution in [0, 0.1) is 0 Å². The topological polar surface area (TPSA) is 64.4 Å². The van der Waals surface area contributed by atoms with E-state index < -0.39 is 5.60 Å². The van der Waals surface area contributed by atoms with Crippen LogP contribution in [0.2, 0.25) is 0 Å². The van der Waals surface area contributed by atoms with Gasteiger partial charge in [0.1, 0.15) is 12.1 Å². The molecule has 4 aromatic carbocycles. The summed E-state index contributed by atoms with van der Waals surface area (Å²) in [6, 6.07) is 38.6. The van der Waals surface area contributed by atoms with Gasteiger partial charge in [-0.2, -0.15) is 0 Å². The monoisotopic (exact) mass is 619 g/mol. The SMILES string of the molecule is CC(C)(C)OC(=O)Cn1c(SCCCN(CC(c2ccccc2)c2ccccc2)C(=O)Cc2ccccc2)nc2ccccc21. The first kappa shape index (κ1) is 32.0. The molecule has 5 aromatic rings. The number of esters is 1. The zero-order chi connectivity index (χ0) is 31.6. The normalized spacial score (nSPS) is 11.6. The smallest absolute Gasteiger partial charge is 0.326 e. The number of imidazole rings is 1. The summed E-state index contributed by atoms with van der Waals surface area (Å²) >= 11 is 1.61. The van der Waals surface area contributed by atoms with Gasteiger partial charge < -0.3 is 14.2 Å². The average Bonchev–Trinajstić information content (AvgIpc) is 3.37. The highest BCUT2D eigenvalue weighted by molar-refractivity contribution is 7.99. The van der Waals surface area contributed by atoms with Gasteiger partial charge in [0.25, 0.3) is 0 Å². The molecule has 6 nitrogen and oxygen atoms in total. The lowest BCUT2D eigenvalue weighted by Crippen LogP contribution is -2.37. The van der Waals surface area contributed by atoms with Crippen molar-refractivity contribution in [1.82, 2.24) is 14.5 Å². The van der Waals surface area contributed by atoms with Crippen LogP contribution in [0.3, 0.4) is 0 Å². The molecule has 0 unspecified atom stereocenters. The molecule has 45 heavy (non-hydrogen) atoms. The molecule has 0 spiro atoms. The quantitative estimate of drug-likeness (QED) is 0.0766. The second kappa shape index (κ2) is 15.1. The fourth-order valence-corrected chi connectivity index (χ4v) is 6.37. The Bertz CT molecular complexity index is 1640. The predicted molar refractivity (Wildman–Crippen MR) is 182 cm³/mol. The number of hydrogen-bond acceptors (Lipinski definition) is 5. The van der Waals surface area contributed by atoms with Crippen LogP contribution < -0.4 is 0 Å². The molecule has 0 saturated carbocycles. The molecule has 1 heterocycles. The Morgan fingerprint density at radius 2 is 1.40 bits per heavy atom. The second-order valence-electron chi connectivity index (χ2n) is 12.1. The van der Waals surface area contributed by atoms with Crippen LogP contribution in [-0.2, 0) is 27.3 Å². The average molecular weight is 620 g/mol. The molecule has 0 aliphatic heterocycles. The highest BCUT2D eigenvalue weighted by Gasteiger charge is 2.23. The van der Waals surface area contributed by atoms with E-state index in [0.29, 0.717) is 19.5 Å². The van der Waals surface area contributed by atoms with Crippen LogP contribution in [0.1, 0.15) is 49.8 Å². The molecule has 0 fully saturated rings. The van der Waals surface area contributed by atoms with Gasteiger partial charge in [-0.05, 0) is 56.0 Å². The number of nitrogens with zero attached hydrogens (tertiary/aromatic N) is 3. The minimum atomic E-state index is -0.562. The van der Waals surface area contributed by atoms with Crippen LogP contribution in [0.25, 0.3) is 11.0 Å². The summed E-state index contributed by atoms with van der Waals surface area (Å²) in [7, 11) is 0. The van der Waals surface area contributed by atoms with Crippen LogP contribution in [0.5, 0.6) is 0 Å². The highest BCUT2D eigenvalue weighted by atomic mass is 32.2. The van der Waals surface area contributed by atoms with Gasteiger partial charge in [-0.3, -0.25) is 9.59 Å². The third-order valence-electron chi connectivity index (χ3n) is 7.49. The molecular formula is C38H41N3O3S. The van der Waals surface area contributed by atoms with Gasteiger partial charge in [-0.1, -0.05) is 115 Å². The van der Waals surface area contributed by atoms with E-state index in [-0.39, 0.29) is 24.3 Å². The molecular weight excluding hydrogens is 579 g/mol. The lowest BCUT2D eigenvalue weighted by Gasteiger charge is -2.29. The highest BCUT2D eigenvalue weighted by Crippen LogP contribution is 2.28. The molecule has 0 aliphatic rings. The maximum absolute atomic E-state index is 13.8. The number of benzene rings is 4. The molecule has 0 radical (unpaired) electrons. The summed E-state index contributed by atoms with van der Waals surface area (Å²) in [4.78, 5) is 33.5. The maximum atomic E-state index is 13.8. The van der Waals surface area contributed by atoms with Gasteiger partial charge in [-0.15, -0.1) is 0 Å². The lowest BCUT2D eigenvalue weighted by molar-refractivity contribution is -0.155. The molecule has 7 heteroatoms. The van der Waals surface area contributed by atoms with Crippen LogP contribution in [-0.4, -0.2) is 50.8 Å². The number of amides is 1. The Hall–Kier alpha value is -4.36. The van der Waals surface area contributed by atoms with Crippen molar-refractivity contribution < 1.29 is 14.3 Å². The second-order valence-corrected chi connectivity index (χ2v) is 13.2. The van der Waals surface area contributed by atoms with Crippen molar-refractivity contribution in [2.75, 3.05) is 18.8 Å². The predicted octanol–water partition coefficient (Wildman–Crippen LogP) is 7.76. The molecule has 5 rings (SSSR count). The van der Waals surface area contributed by atoms with E-state index in [2.05, 4.69) is 48.5 Å². The first-order valence-electron chi connectivity index (χ1n) is 15.5. The van der Waals surface area contributed by atoms with Crippen molar-refractivity contribution in [2.24, 2.45) is 0 Å². The molecule has 0 bridgehead atoms. The van der Waals surface area contributed by atoms with Gasteiger partial charge in [-0.25, -0.2) is 4.98 Å². The van der Waals surface area contributed by atoms with Gasteiger partial charge in [0.2, 0.25) is 5.91 Å². The number of hydrogen-bond donors (Lipinski definition) is 0. The van der Waals surface area contributed by atoms with E-state index in [1.54, 1.807) is 11.8 Å². The van der Waals surface area contributed by atoms with E-state index >= 15 is 0 Å². The zero-order valence-corrected chi connectivity index (χ0v) is 27.1. The minimum absolute atomic E-state index is 0.0535. The van der Waals surface area contributed by atoms with Gasteiger partial charge >= 0.3 is 5.97 Å². The van der Waals surface area contributed by atoms with Crippen LogP contribution >= 0.6 is 11.8 Å². The molecule has 232 valence electrons. The fourth-order valence-electron chi connectivity index (χ4n) is 5.43. The van der Waals surface area contributed by atoms with E-state index in [1.165, 1.54) is 11.1 Å². The number of carbonyl (C=O) groups is 2. The Labute approximate surface area is 270 Å². The standard InChI is InChI=1S/C38H41N3O3S/c1-38(2,3)44-36(43)28-41-34-23-14-13-22-33(34)39-37(41)45-25-15-24-40(35(42)26-29-16-7-4-8-17-29)27-32(30-18-9-5-10-19-30)31-20-11-6-12-21-31/h4-14,16-23,32H,15,24-28H2,1-3H3. The number of para-hydroxylation sites is 2. The minimum Gasteiger partial charge on any atom is -0.459 e. The molecule has 0 saturated heterocycles. The van der Waals surface area contributed by atoms with Gasteiger partial charge in [0, 0.05) is 24.8 Å². The van der Waals surface area contributed by atoms with Crippen molar-refractivity contribution in [2.45, 2.75) is 56.8 Å². The van der Waals surface area contributed by atoms with Crippen molar-refractivity contribution >= 4 is 34.7 Å². The number of carbonyl (C=O) groups excluding carboxylic acids is 2. The van der Waals surface area contributed by atoms with Crippen molar-refractivity contribution in [3.8, 4) is 0 Å². The first-order chi connectivity index (χ1) is 21.8. The first-order valence-corrected chi connectivity index (χ1v) is 16.5. The Kier molecular flexibility index (Phi) is 10.7. The molecule has 0 aliphatic carbocycles. The number of fused-ring (bicyclic) bond motifs is 1. The third kappa shape index (κ3) is 9.08. The van der Waals surface area contributed by atoms with Crippen molar-refractivity contribution in [3.63, 3.8) is 0 Å². The van der Waals surface area contributed by atoms with Crippen LogP contribution in [0.4, 0.5) is 0 Å². The van der Waals surface area contributed by atoms with E-state index in [4.69, 9.17) is 9.72 Å². The maximum Gasteiger partial charge on any atom is 0.326 e. The van der Waals surface area contributed by atoms with E-state index in [9.17, 15) is 9.59 Å². The largest absolute Gasteiger partial charge is 0.459 e. The molecule has 0 atom stereocenters. The summed E-state index contributed by atoms with van der Waals surface area (Å²) in [6.45, 7) is 6.91. The van der Waals surface area contributed by atoms with E-state index in [0.717, 1.165) is 33.9 Å². The van der Waals surface area contributed by atoms with Gasteiger partial charge in [0.05, 0.1) is 17.5 Å². The Morgan fingerprint density at radius 3 is 2.02 bits per heavy atom. The Balaban J connectivity index is 1.33.